The van der Waals surface area contributed by atoms with Crippen LogP contribution < -0.4 is 5.32 Å². The van der Waals surface area contributed by atoms with Gasteiger partial charge in [-0.15, -0.1) is 0 Å². The van der Waals surface area contributed by atoms with Crippen molar-refractivity contribution in [3.63, 3.8) is 0 Å². The van der Waals surface area contributed by atoms with Gasteiger partial charge in [-0.1, -0.05) is 0 Å². The highest BCUT2D eigenvalue weighted by molar-refractivity contribution is 7.89. The van der Waals surface area contributed by atoms with Crippen molar-refractivity contribution in [2.24, 2.45) is 5.92 Å². The minimum atomic E-state index is -3.44. The minimum absolute atomic E-state index is 0.271. The van der Waals surface area contributed by atoms with Gasteiger partial charge in [-0.2, -0.15) is 5.10 Å². The molecule has 1 unspecified atom stereocenters. The molecule has 0 radical (unpaired) electrons. The zero-order valence-corrected chi connectivity index (χ0v) is 13.8. The molecule has 0 bridgehead atoms. The lowest BCUT2D eigenvalue weighted by atomic mass is 10.1. The summed E-state index contributed by atoms with van der Waals surface area (Å²) in [6.45, 7) is 3.98. The van der Waals surface area contributed by atoms with E-state index in [1.165, 1.54) is 10.5 Å². The predicted octanol–water partition coefficient (Wildman–Crippen LogP) is -0.325. The summed E-state index contributed by atoms with van der Waals surface area (Å²) in [5.41, 5.74) is 0. The molecule has 1 saturated heterocycles. The third kappa shape index (κ3) is 4.03. The molecule has 1 atom stereocenters. The van der Waals surface area contributed by atoms with Gasteiger partial charge in [-0.05, 0) is 33.0 Å². The van der Waals surface area contributed by atoms with Gasteiger partial charge in [0.25, 0.3) is 0 Å². The highest BCUT2D eigenvalue weighted by Gasteiger charge is 2.28. The van der Waals surface area contributed by atoms with Gasteiger partial charge >= 0.3 is 0 Å². The van der Waals surface area contributed by atoms with Crippen LogP contribution in [0.4, 0.5) is 0 Å². The first kappa shape index (κ1) is 16.4. The molecule has 1 aliphatic rings. The van der Waals surface area contributed by atoms with Gasteiger partial charge in [0.15, 0.2) is 0 Å². The standard InChI is InChI=1S/C13H25N5O2S/c1-14-5-7-18-11-13(8-15-18)21(19,20)17(3)10-12-4-6-16(2)9-12/h8,11-12,14H,4-7,9-10H2,1-3H3. The summed E-state index contributed by atoms with van der Waals surface area (Å²) in [7, 11) is 2.14. The van der Waals surface area contributed by atoms with Crippen LogP contribution in [0.15, 0.2) is 17.3 Å². The Morgan fingerprint density at radius 1 is 1.52 bits per heavy atom. The van der Waals surface area contributed by atoms with Crippen LogP contribution in [-0.2, 0) is 16.6 Å². The molecular formula is C13H25N5O2S. The van der Waals surface area contributed by atoms with Crippen LogP contribution in [-0.4, -0.2) is 74.7 Å². The average molecular weight is 315 g/mol. The number of nitrogens with one attached hydrogen (secondary N) is 1. The van der Waals surface area contributed by atoms with E-state index in [2.05, 4.69) is 22.4 Å². The van der Waals surface area contributed by atoms with Crippen molar-refractivity contribution in [3.05, 3.63) is 12.4 Å². The highest BCUT2D eigenvalue weighted by Crippen LogP contribution is 2.19. The minimum Gasteiger partial charge on any atom is -0.318 e. The molecule has 0 amide bonds. The second-order valence-corrected chi connectivity index (χ2v) is 7.79. The Morgan fingerprint density at radius 3 is 2.90 bits per heavy atom. The zero-order chi connectivity index (χ0) is 15.5. The maximum absolute atomic E-state index is 12.5. The van der Waals surface area contributed by atoms with E-state index in [0.29, 0.717) is 19.0 Å². The lowest BCUT2D eigenvalue weighted by Crippen LogP contribution is -2.32. The number of hydrogen-bond donors (Lipinski definition) is 1. The third-order valence-corrected chi connectivity index (χ3v) is 5.69. The Bertz CT molecular complexity index is 557. The van der Waals surface area contributed by atoms with Gasteiger partial charge in [0.1, 0.15) is 4.90 Å². The summed E-state index contributed by atoms with van der Waals surface area (Å²) in [5.74, 6) is 0.411. The smallest absolute Gasteiger partial charge is 0.245 e. The molecule has 2 heterocycles. The lowest BCUT2D eigenvalue weighted by Gasteiger charge is -2.20. The van der Waals surface area contributed by atoms with Crippen LogP contribution in [0.2, 0.25) is 0 Å². The number of rotatable bonds is 7. The Labute approximate surface area is 127 Å². The van der Waals surface area contributed by atoms with Gasteiger partial charge in [-0.3, -0.25) is 4.68 Å². The van der Waals surface area contributed by atoms with E-state index in [4.69, 9.17) is 0 Å². The topological polar surface area (TPSA) is 70.5 Å². The van der Waals surface area contributed by atoms with Crippen LogP contribution in [0, 0.1) is 5.92 Å². The van der Waals surface area contributed by atoms with E-state index >= 15 is 0 Å². The van der Waals surface area contributed by atoms with E-state index in [9.17, 15) is 8.42 Å². The second kappa shape index (κ2) is 6.87. The van der Waals surface area contributed by atoms with Crippen LogP contribution in [0.3, 0.4) is 0 Å². The normalized spacial score (nSPS) is 20.5. The maximum atomic E-state index is 12.5. The Morgan fingerprint density at radius 2 is 2.29 bits per heavy atom. The largest absolute Gasteiger partial charge is 0.318 e. The molecule has 1 aromatic heterocycles. The first-order chi connectivity index (χ1) is 9.93. The number of likely N-dealkylation sites (N-methyl/N-ethyl adjacent to an activating group) is 1. The number of nitrogens with zero attached hydrogens (tertiary/aromatic N) is 4. The van der Waals surface area contributed by atoms with Crippen molar-refractivity contribution in [2.45, 2.75) is 17.9 Å². The monoisotopic (exact) mass is 315 g/mol. The quantitative estimate of drug-likeness (QED) is 0.746. The van der Waals surface area contributed by atoms with Gasteiger partial charge in [-0.25, -0.2) is 12.7 Å². The second-order valence-electron chi connectivity index (χ2n) is 5.75. The number of likely N-dealkylation sites (tertiary alicyclic amines) is 1. The van der Waals surface area contributed by atoms with Crippen molar-refractivity contribution in [1.82, 2.24) is 24.3 Å². The molecular weight excluding hydrogens is 290 g/mol. The first-order valence-electron chi connectivity index (χ1n) is 7.25. The summed E-state index contributed by atoms with van der Waals surface area (Å²) < 4.78 is 28.2. The first-order valence-corrected chi connectivity index (χ1v) is 8.69. The van der Waals surface area contributed by atoms with Crippen molar-refractivity contribution in [1.29, 1.82) is 0 Å². The summed E-state index contributed by atoms with van der Waals surface area (Å²) >= 11 is 0. The Kier molecular flexibility index (Phi) is 5.37. The molecule has 0 spiro atoms. The highest BCUT2D eigenvalue weighted by atomic mass is 32.2. The van der Waals surface area contributed by atoms with Crippen LogP contribution in [0.25, 0.3) is 0 Å². The fraction of sp³-hybridized carbons (Fsp3) is 0.769. The van der Waals surface area contributed by atoms with Gasteiger partial charge in [0.05, 0.1) is 12.7 Å². The number of sulfonamides is 1. The van der Waals surface area contributed by atoms with E-state index in [1.807, 2.05) is 7.05 Å². The molecule has 1 N–H and O–H groups in total. The molecule has 7 nitrogen and oxygen atoms in total. The SMILES string of the molecule is CNCCn1cc(S(=O)(=O)N(C)CC2CCN(C)C2)cn1. The predicted molar refractivity (Wildman–Crippen MR) is 81.6 cm³/mol. The summed E-state index contributed by atoms with van der Waals surface area (Å²) in [6.07, 6.45) is 4.09. The molecule has 1 aliphatic heterocycles. The molecule has 1 fully saturated rings. The molecule has 1 aromatic rings. The number of hydrogen-bond acceptors (Lipinski definition) is 5. The van der Waals surface area contributed by atoms with E-state index in [0.717, 1.165) is 26.1 Å². The van der Waals surface area contributed by atoms with Crippen molar-refractivity contribution in [3.8, 4) is 0 Å². The molecule has 2 rings (SSSR count). The molecule has 8 heteroatoms. The third-order valence-electron chi connectivity index (χ3n) is 3.91. The zero-order valence-electron chi connectivity index (χ0n) is 13.0. The Hall–Kier alpha value is -0.960. The summed E-state index contributed by atoms with van der Waals surface area (Å²) in [6, 6.07) is 0. The maximum Gasteiger partial charge on any atom is 0.245 e. The molecule has 0 aliphatic carbocycles. The Balaban J connectivity index is 2.01. The fourth-order valence-corrected chi connectivity index (χ4v) is 3.85. The van der Waals surface area contributed by atoms with E-state index in [1.54, 1.807) is 17.9 Å². The molecule has 0 aromatic carbocycles. The van der Waals surface area contributed by atoms with Crippen LogP contribution in [0.5, 0.6) is 0 Å². The number of aromatic nitrogens is 2. The van der Waals surface area contributed by atoms with Crippen molar-refractivity contribution in [2.75, 3.05) is 47.3 Å². The van der Waals surface area contributed by atoms with Crippen molar-refractivity contribution < 1.29 is 8.42 Å². The van der Waals surface area contributed by atoms with Crippen LogP contribution >= 0.6 is 0 Å². The van der Waals surface area contributed by atoms with Crippen LogP contribution in [0.1, 0.15) is 6.42 Å². The fourth-order valence-electron chi connectivity index (χ4n) is 2.64. The summed E-state index contributed by atoms with van der Waals surface area (Å²) in [4.78, 5) is 2.51. The van der Waals surface area contributed by atoms with Gasteiger partial charge in [0, 0.05) is 32.9 Å². The van der Waals surface area contributed by atoms with Gasteiger partial charge < -0.3 is 10.2 Å². The lowest BCUT2D eigenvalue weighted by molar-refractivity contribution is 0.356. The van der Waals surface area contributed by atoms with Crippen molar-refractivity contribution >= 4 is 10.0 Å². The molecule has 21 heavy (non-hydrogen) atoms. The van der Waals surface area contributed by atoms with E-state index < -0.39 is 10.0 Å². The average Bonchev–Trinajstić information content (AvgIpc) is 3.06. The van der Waals surface area contributed by atoms with Gasteiger partial charge in [0.2, 0.25) is 10.0 Å². The summed E-state index contributed by atoms with van der Waals surface area (Å²) in [5, 5.41) is 7.12. The molecule has 0 saturated carbocycles. The molecule has 120 valence electrons. The van der Waals surface area contributed by atoms with E-state index in [-0.39, 0.29) is 4.90 Å².